The molecule has 3 heteroatoms. The van der Waals surface area contributed by atoms with Crippen LogP contribution in [0.2, 0.25) is 0 Å². The molecule has 0 spiro atoms. The Balaban J connectivity index is 2.02. The Hall–Kier alpha value is -1.48. The monoisotopic (exact) mass is 254 g/mol. The van der Waals surface area contributed by atoms with E-state index >= 15 is 0 Å². The van der Waals surface area contributed by atoms with Crippen LogP contribution in [0.25, 0.3) is 0 Å². The molecule has 0 saturated heterocycles. The molecule has 3 nitrogen and oxygen atoms in total. The molecule has 1 N–H and O–H groups in total. The molecule has 19 heavy (non-hydrogen) atoms. The molecule has 1 unspecified atom stereocenters. The van der Waals surface area contributed by atoms with Gasteiger partial charge < -0.3 is 5.11 Å². The highest BCUT2D eigenvalue weighted by Gasteiger charge is 2.39. The Morgan fingerprint density at radius 1 is 1.42 bits per heavy atom. The highest BCUT2D eigenvalue weighted by Crippen LogP contribution is 2.45. The average Bonchev–Trinajstić information content (AvgIpc) is 2.79. The van der Waals surface area contributed by atoms with Gasteiger partial charge in [0.05, 0.1) is 19.2 Å². The van der Waals surface area contributed by atoms with E-state index in [0.717, 1.165) is 25.0 Å². The summed E-state index contributed by atoms with van der Waals surface area (Å²) in [6.07, 6.45) is 8.36. The molecule has 3 bridgehead atoms. The second kappa shape index (κ2) is 4.01. The van der Waals surface area contributed by atoms with E-state index < -0.39 is 0 Å². The quantitative estimate of drug-likeness (QED) is 0.765. The maximum Gasteiger partial charge on any atom is 0.0737 e. The molecule has 0 aromatic carbocycles. The third kappa shape index (κ3) is 1.54. The van der Waals surface area contributed by atoms with Gasteiger partial charge in [0.25, 0.3) is 0 Å². The molecular weight excluding hydrogens is 236 g/mol. The molecule has 4 aliphatic rings. The first kappa shape index (κ1) is 11.4. The Kier molecular flexibility index (Phi) is 2.39. The fraction of sp³-hybridized carbons (Fsp3) is 0.500. The van der Waals surface area contributed by atoms with Crippen molar-refractivity contribution in [2.45, 2.75) is 25.8 Å². The molecule has 0 aromatic heterocycles. The second-order valence-electron chi connectivity index (χ2n) is 5.97. The van der Waals surface area contributed by atoms with Gasteiger partial charge in [0.15, 0.2) is 0 Å². The molecule has 0 fully saturated rings. The summed E-state index contributed by atoms with van der Waals surface area (Å²) in [7, 11) is 0. The predicted octanol–water partition coefficient (Wildman–Crippen LogP) is 2.10. The molecule has 2 aliphatic carbocycles. The van der Waals surface area contributed by atoms with Crippen molar-refractivity contribution < 1.29 is 5.11 Å². The van der Waals surface area contributed by atoms with Gasteiger partial charge in [-0.1, -0.05) is 13.0 Å². The van der Waals surface area contributed by atoms with E-state index in [1.165, 1.54) is 22.4 Å². The number of hydrogen-bond acceptors (Lipinski definition) is 3. The topological polar surface area (TPSA) is 45.0 Å². The summed E-state index contributed by atoms with van der Waals surface area (Å²) >= 11 is 0. The lowest BCUT2D eigenvalue weighted by Gasteiger charge is -2.31. The van der Waals surface area contributed by atoms with Gasteiger partial charge in [0.1, 0.15) is 0 Å². The third-order valence-corrected chi connectivity index (χ3v) is 5.01. The van der Waals surface area contributed by atoms with Gasteiger partial charge >= 0.3 is 0 Å². The number of hydrogen-bond donors (Lipinski definition) is 1. The molecule has 0 radical (unpaired) electrons. The molecule has 0 saturated carbocycles. The van der Waals surface area contributed by atoms with E-state index in [1.807, 2.05) is 6.21 Å². The Morgan fingerprint density at radius 2 is 2.32 bits per heavy atom. The number of rotatable bonds is 1. The number of aliphatic hydroxyl groups is 1. The third-order valence-electron chi connectivity index (χ3n) is 5.01. The Morgan fingerprint density at radius 3 is 3.16 bits per heavy atom. The van der Waals surface area contributed by atoms with Gasteiger partial charge in [-0.15, -0.1) is 0 Å². The van der Waals surface area contributed by atoms with Crippen molar-refractivity contribution in [2.75, 3.05) is 13.2 Å². The van der Waals surface area contributed by atoms with Crippen LogP contribution >= 0.6 is 0 Å². The van der Waals surface area contributed by atoms with Crippen molar-refractivity contribution in [1.82, 2.24) is 0 Å². The number of fused-ring (bicyclic) bond motifs is 2. The minimum absolute atomic E-state index is 0.111. The molecular formula is C16H18N2O. The SMILES string of the molecule is CC1C2=C3C4=CC=N[C@@H](C[C@@H]1CC3=NC4)C(CO)=C2. The molecule has 98 valence electrons. The summed E-state index contributed by atoms with van der Waals surface area (Å²) in [5.74, 6) is 1.16. The maximum atomic E-state index is 9.66. The van der Waals surface area contributed by atoms with Crippen LogP contribution in [0.3, 0.4) is 0 Å². The van der Waals surface area contributed by atoms with Crippen molar-refractivity contribution in [1.29, 1.82) is 0 Å². The standard InChI is InChI=1S/C16H18N2O/c1-9-11-5-14-12(8-19)4-13(9)16-10(2-3-17-14)7-18-15(16)6-11/h2-4,9,11,14,19H,5-8H2,1H3/t9?,11-,14+/m1/s1. The van der Waals surface area contributed by atoms with Crippen LogP contribution in [0.4, 0.5) is 0 Å². The van der Waals surface area contributed by atoms with Crippen LogP contribution in [0.5, 0.6) is 0 Å². The molecule has 0 amide bonds. The normalized spacial score (nSPS) is 35.5. The molecule has 2 aliphatic heterocycles. The summed E-state index contributed by atoms with van der Waals surface area (Å²) in [6.45, 7) is 3.23. The fourth-order valence-corrected chi connectivity index (χ4v) is 3.86. The van der Waals surface area contributed by atoms with Crippen LogP contribution in [0.1, 0.15) is 19.8 Å². The highest BCUT2D eigenvalue weighted by molar-refractivity contribution is 6.09. The summed E-state index contributed by atoms with van der Waals surface area (Å²) in [5.41, 5.74) is 6.39. The summed E-state index contributed by atoms with van der Waals surface area (Å²) in [5, 5.41) is 9.66. The van der Waals surface area contributed by atoms with Gasteiger partial charge in [0.2, 0.25) is 0 Å². The summed E-state index contributed by atoms with van der Waals surface area (Å²) in [6, 6.07) is 0.143. The summed E-state index contributed by atoms with van der Waals surface area (Å²) in [4.78, 5) is 9.40. The largest absolute Gasteiger partial charge is 0.392 e. The van der Waals surface area contributed by atoms with Crippen molar-refractivity contribution in [3.63, 3.8) is 0 Å². The van der Waals surface area contributed by atoms with Crippen LogP contribution in [-0.4, -0.2) is 36.2 Å². The second-order valence-corrected chi connectivity index (χ2v) is 5.97. The van der Waals surface area contributed by atoms with Gasteiger partial charge in [-0.05, 0) is 47.5 Å². The van der Waals surface area contributed by atoms with Crippen molar-refractivity contribution >= 4 is 11.9 Å². The minimum Gasteiger partial charge on any atom is -0.392 e. The Labute approximate surface area is 113 Å². The zero-order valence-electron chi connectivity index (χ0n) is 11.1. The van der Waals surface area contributed by atoms with Crippen molar-refractivity contribution in [2.24, 2.45) is 21.8 Å². The highest BCUT2D eigenvalue weighted by atomic mass is 16.3. The first-order valence-electron chi connectivity index (χ1n) is 7.10. The number of aliphatic imine (C=N–C) groups is 2. The van der Waals surface area contributed by atoms with Crippen LogP contribution in [0.15, 0.2) is 44.4 Å². The average molecular weight is 254 g/mol. The van der Waals surface area contributed by atoms with Crippen molar-refractivity contribution in [3.05, 3.63) is 34.4 Å². The predicted molar refractivity (Wildman–Crippen MR) is 76.7 cm³/mol. The zero-order valence-corrected chi connectivity index (χ0v) is 11.1. The van der Waals surface area contributed by atoms with E-state index in [2.05, 4.69) is 24.1 Å². The Bertz CT molecular complexity index is 592. The molecule has 0 aromatic rings. The molecule has 4 rings (SSSR count). The lowest BCUT2D eigenvalue weighted by Crippen LogP contribution is -2.26. The first-order chi connectivity index (χ1) is 9.28. The zero-order chi connectivity index (χ0) is 13.0. The maximum absolute atomic E-state index is 9.66. The number of aliphatic hydroxyl groups excluding tert-OH is 1. The van der Waals surface area contributed by atoms with Gasteiger partial charge in [-0.2, -0.15) is 0 Å². The van der Waals surface area contributed by atoms with E-state index in [9.17, 15) is 5.11 Å². The smallest absolute Gasteiger partial charge is 0.0737 e. The van der Waals surface area contributed by atoms with Gasteiger partial charge in [-0.25, -0.2) is 0 Å². The van der Waals surface area contributed by atoms with E-state index in [4.69, 9.17) is 4.99 Å². The molecule has 2 heterocycles. The minimum atomic E-state index is 0.111. The molecule has 3 atom stereocenters. The number of allylic oxidation sites excluding steroid dienone is 3. The van der Waals surface area contributed by atoms with Gasteiger partial charge in [0, 0.05) is 17.5 Å². The van der Waals surface area contributed by atoms with Crippen LogP contribution < -0.4 is 0 Å². The number of nitrogens with zero attached hydrogens (tertiary/aromatic N) is 2. The van der Waals surface area contributed by atoms with E-state index in [1.54, 1.807) is 0 Å². The fourth-order valence-electron chi connectivity index (χ4n) is 3.86. The first-order valence-corrected chi connectivity index (χ1v) is 7.10. The van der Waals surface area contributed by atoms with Crippen LogP contribution in [-0.2, 0) is 0 Å². The van der Waals surface area contributed by atoms with E-state index in [0.29, 0.717) is 11.8 Å². The van der Waals surface area contributed by atoms with Crippen LogP contribution in [0, 0.1) is 11.8 Å². The lowest BCUT2D eigenvalue weighted by atomic mass is 9.73. The van der Waals surface area contributed by atoms with Gasteiger partial charge in [-0.3, -0.25) is 9.98 Å². The summed E-state index contributed by atoms with van der Waals surface area (Å²) < 4.78 is 0. The van der Waals surface area contributed by atoms with Crippen molar-refractivity contribution in [3.8, 4) is 0 Å². The van der Waals surface area contributed by atoms with E-state index in [-0.39, 0.29) is 12.6 Å². The lowest BCUT2D eigenvalue weighted by molar-refractivity contribution is 0.313.